The molecule has 0 saturated heterocycles. The van der Waals surface area contributed by atoms with Crippen LogP contribution in [-0.4, -0.2) is 16.5 Å². The van der Waals surface area contributed by atoms with E-state index in [1.165, 1.54) is 19.1 Å². The summed E-state index contributed by atoms with van der Waals surface area (Å²) in [5.74, 6) is -0.0443. The van der Waals surface area contributed by atoms with Gasteiger partial charge in [-0.2, -0.15) is 0 Å². The molecule has 0 aliphatic heterocycles. The van der Waals surface area contributed by atoms with Gasteiger partial charge in [-0.1, -0.05) is 6.08 Å². The first-order valence-corrected chi connectivity index (χ1v) is 2.84. The Balaban J connectivity index is 3.86. The Labute approximate surface area is 55.2 Å². The van der Waals surface area contributed by atoms with Crippen LogP contribution in [0.3, 0.4) is 0 Å². The minimum atomic E-state index is -0.869. The standard InChI is InChI=1S/C7H12O2/c1-6(8)4-5-7(2,3)9/h4-5,9H,1-3H3. The molecule has 2 nitrogen and oxygen atoms in total. The van der Waals surface area contributed by atoms with Crippen LogP contribution in [0.1, 0.15) is 20.8 Å². The maximum absolute atomic E-state index is 10.3. The van der Waals surface area contributed by atoms with Gasteiger partial charge < -0.3 is 5.11 Å². The highest BCUT2D eigenvalue weighted by atomic mass is 16.3. The quantitative estimate of drug-likeness (QED) is 0.561. The number of carbonyl (C=O) groups is 1. The summed E-state index contributed by atoms with van der Waals surface area (Å²) in [5.41, 5.74) is -0.869. The topological polar surface area (TPSA) is 37.3 Å². The van der Waals surface area contributed by atoms with E-state index in [0.717, 1.165) is 0 Å². The third kappa shape index (κ3) is 7.37. The zero-order valence-electron chi connectivity index (χ0n) is 6.01. The van der Waals surface area contributed by atoms with E-state index in [1.807, 2.05) is 0 Å². The summed E-state index contributed by atoms with van der Waals surface area (Å²) < 4.78 is 0. The van der Waals surface area contributed by atoms with Gasteiger partial charge in [0, 0.05) is 0 Å². The fraction of sp³-hybridized carbons (Fsp3) is 0.571. The number of rotatable bonds is 2. The summed E-state index contributed by atoms with van der Waals surface area (Å²) in [5, 5.41) is 9.03. The van der Waals surface area contributed by atoms with Crippen molar-refractivity contribution in [2.24, 2.45) is 0 Å². The van der Waals surface area contributed by atoms with E-state index in [2.05, 4.69) is 0 Å². The number of aliphatic hydroxyl groups is 1. The van der Waals surface area contributed by atoms with Gasteiger partial charge in [-0.3, -0.25) is 4.79 Å². The molecule has 0 bridgehead atoms. The van der Waals surface area contributed by atoms with Gasteiger partial charge in [0.2, 0.25) is 0 Å². The van der Waals surface area contributed by atoms with Crippen LogP contribution in [0.25, 0.3) is 0 Å². The van der Waals surface area contributed by atoms with E-state index in [4.69, 9.17) is 5.11 Å². The van der Waals surface area contributed by atoms with Gasteiger partial charge >= 0.3 is 0 Å². The number of hydrogen-bond acceptors (Lipinski definition) is 2. The highest BCUT2D eigenvalue weighted by Crippen LogP contribution is 2.01. The van der Waals surface area contributed by atoms with Crippen molar-refractivity contribution in [3.63, 3.8) is 0 Å². The Morgan fingerprint density at radius 3 is 2.11 bits per heavy atom. The first-order valence-electron chi connectivity index (χ1n) is 2.84. The molecule has 0 saturated carbocycles. The summed E-state index contributed by atoms with van der Waals surface area (Å²) in [6.45, 7) is 4.68. The Hall–Kier alpha value is -0.630. The highest BCUT2D eigenvalue weighted by molar-refractivity contribution is 5.87. The normalized spacial score (nSPS) is 12.4. The molecule has 0 aromatic heterocycles. The molecule has 0 heterocycles. The van der Waals surface area contributed by atoms with Crippen LogP contribution in [0, 0.1) is 0 Å². The van der Waals surface area contributed by atoms with Crippen molar-refractivity contribution in [1.29, 1.82) is 0 Å². The lowest BCUT2D eigenvalue weighted by molar-refractivity contribution is -0.112. The average molecular weight is 128 g/mol. The molecule has 0 radical (unpaired) electrons. The van der Waals surface area contributed by atoms with Gasteiger partial charge in [0.1, 0.15) is 0 Å². The van der Waals surface area contributed by atoms with Crippen LogP contribution in [0.4, 0.5) is 0 Å². The summed E-state index contributed by atoms with van der Waals surface area (Å²) >= 11 is 0. The molecule has 0 spiro atoms. The van der Waals surface area contributed by atoms with Crippen LogP contribution in [-0.2, 0) is 4.79 Å². The highest BCUT2D eigenvalue weighted by Gasteiger charge is 2.05. The lowest BCUT2D eigenvalue weighted by atomic mass is 10.1. The molecule has 0 rings (SSSR count). The number of hydrogen-bond donors (Lipinski definition) is 1. The maximum atomic E-state index is 10.3. The SMILES string of the molecule is CC(=O)C=CC(C)(C)O. The van der Waals surface area contributed by atoms with E-state index in [1.54, 1.807) is 13.8 Å². The fourth-order valence-corrected chi connectivity index (χ4v) is 0.321. The molecule has 0 aromatic rings. The van der Waals surface area contributed by atoms with Crippen molar-refractivity contribution in [2.75, 3.05) is 0 Å². The Morgan fingerprint density at radius 1 is 1.56 bits per heavy atom. The average Bonchev–Trinajstić information content (AvgIpc) is 1.59. The van der Waals surface area contributed by atoms with Gasteiger partial charge in [-0.25, -0.2) is 0 Å². The second-order valence-corrected chi connectivity index (χ2v) is 2.60. The Bertz CT molecular complexity index is 128. The molecule has 52 valence electrons. The van der Waals surface area contributed by atoms with Crippen LogP contribution in [0.2, 0.25) is 0 Å². The lowest BCUT2D eigenvalue weighted by Gasteiger charge is -2.08. The zero-order valence-corrected chi connectivity index (χ0v) is 6.01. The molecule has 2 heteroatoms. The number of carbonyl (C=O) groups excluding carboxylic acids is 1. The first kappa shape index (κ1) is 8.37. The van der Waals surface area contributed by atoms with E-state index in [-0.39, 0.29) is 5.78 Å². The molecular weight excluding hydrogens is 116 g/mol. The predicted molar refractivity (Wildman–Crippen MR) is 36.1 cm³/mol. The molecule has 0 amide bonds. The molecule has 0 fully saturated rings. The number of ketones is 1. The minimum Gasteiger partial charge on any atom is -0.386 e. The maximum Gasteiger partial charge on any atom is 0.152 e. The van der Waals surface area contributed by atoms with Crippen molar-refractivity contribution in [2.45, 2.75) is 26.4 Å². The van der Waals surface area contributed by atoms with Gasteiger partial charge in [-0.15, -0.1) is 0 Å². The van der Waals surface area contributed by atoms with Gasteiger partial charge in [0.25, 0.3) is 0 Å². The third-order valence-corrected chi connectivity index (χ3v) is 0.726. The summed E-state index contributed by atoms with van der Waals surface area (Å²) in [6.07, 6.45) is 2.83. The summed E-state index contributed by atoms with van der Waals surface area (Å²) in [7, 11) is 0. The van der Waals surface area contributed by atoms with E-state index >= 15 is 0 Å². The van der Waals surface area contributed by atoms with E-state index < -0.39 is 5.60 Å². The predicted octanol–water partition coefficient (Wildman–Crippen LogP) is 0.902. The van der Waals surface area contributed by atoms with Crippen LogP contribution >= 0.6 is 0 Å². The molecule has 9 heavy (non-hydrogen) atoms. The van der Waals surface area contributed by atoms with Crippen molar-refractivity contribution in [3.05, 3.63) is 12.2 Å². The molecule has 0 aliphatic rings. The van der Waals surface area contributed by atoms with Crippen molar-refractivity contribution in [1.82, 2.24) is 0 Å². The van der Waals surface area contributed by atoms with Crippen molar-refractivity contribution in [3.8, 4) is 0 Å². The molecule has 0 aromatic carbocycles. The largest absolute Gasteiger partial charge is 0.386 e. The Morgan fingerprint density at radius 2 is 2.00 bits per heavy atom. The van der Waals surface area contributed by atoms with E-state index in [0.29, 0.717) is 0 Å². The molecule has 1 N–H and O–H groups in total. The molecule has 0 aliphatic carbocycles. The lowest BCUT2D eigenvalue weighted by Crippen LogP contribution is -2.14. The zero-order chi connectivity index (χ0) is 7.49. The summed E-state index contributed by atoms with van der Waals surface area (Å²) in [6, 6.07) is 0. The third-order valence-electron chi connectivity index (χ3n) is 0.726. The molecule has 0 atom stereocenters. The minimum absolute atomic E-state index is 0.0443. The first-order chi connectivity index (χ1) is 3.92. The van der Waals surface area contributed by atoms with Gasteiger partial charge in [0.05, 0.1) is 5.60 Å². The summed E-state index contributed by atoms with van der Waals surface area (Å²) in [4.78, 5) is 10.3. The second kappa shape index (κ2) is 2.78. The van der Waals surface area contributed by atoms with Crippen molar-refractivity contribution >= 4 is 5.78 Å². The molecular formula is C7H12O2. The van der Waals surface area contributed by atoms with Crippen LogP contribution in [0.15, 0.2) is 12.2 Å². The van der Waals surface area contributed by atoms with Crippen LogP contribution < -0.4 is 0 Å². The second-order valence-electron chi connectivity index (χ2n) is 2.60. The van der Waals surface area contributed by atoms with Gasteiger partial charge in [0.15, 0.2) is 5.78 Å². The number of allylic oxidation sites excluding steroid dienone is 1. The monoisotopic (exact) mass is 128 g/mol. The van der Waals surface area contributed by atoms with Crippen molar-refractivity contribution < 1.29 is 9.90 Å². The Kier molecular flexibility index (Phi) is 2.59. The van der Waals surface area contributed by atoms with Crippen LogP contribution in [0.5, 0.6) is 0 Å². The van der Waals surface area contributed by atoms with Gasteiger partial charge in [-0.05, 0) is 26.8 Å². The van der Waals surface area contributed by atoms with E-state index in [9.17, 15) is 4.79 Å². The molecule has 0 unspecified atom stereocenters. The fourth-order valence-electron chi connectivity index (χ4n) is 0.321. The smallest absolute Gasteiger partial charge is 0.152 e.